The number of aliphatic hydroxyl groups excluding tert-OH is 1. The molecule has 0 spiro atoms. The van der Waals surface area contributed by atoms with Crippen molar-refractivity contribution in [3.05, 3.63) is 23.2 Å². The van der Waals surface area contributed by atoms with Gasteiger partial charge in [0.15, 0.2) is 0 Å². The molecule has 0 aliphatic carbocycles. The number of nitrogens with one attached hydrogen (secondary N) is 1. The molecule has 1 rings (SSSR count). The van der Waals surface area contributed by atoms with Crippen molar-refractivity contribution in [2.45, 2.75) is 24.0 Å². The number of rotatable bonds is 6. The molecule has 0 heterocycles. The van der Waals surface area contributed by atoms with Crippen LogP contribution in [0.1, 0.15) is 6.92 Å². The summed E-state index contributed by atoms with van der Waals surface area (Å²) in [5, 5.41) is 18.2. The highest BCUT2D eigenvalue weighted by atomic mass is 35.5. The first-order valence-corrected chi connectivity index (χ1v) is 7.32. The van der Waals surface area contributed by atoms with Crippen LogP contribution in [0.3, 0.4) is 0 Å². The van der Waals surface area contributed by atoms with Crippen molar-refractivity contribution in [1.82, 2.24) is 4.72 Å². The number of sulfonamides is 1. The average Bonchev–Trinajstić information content (AvgIpc) is 2.35. The normalized spacial score (nSPS) is 14.6. The smallest absolute Gasteiger partial charge is 0.324 e. The van der Waals surface area contributed by atoms with Gasteiger partial charge in [-0.3, -0.25) is 4.79 Å². The Bertz CT molecular complexity index is 601. The highest BCUT2D eigenvalue weighted by Gasteiger charge is 2.29. The molecular formula is C11H14ClNO6S. The van der Waals surface area contributed by atoms with E-state index in [4.69, 9.17) is 21.4 Å². The molecule has 2 atom stereocenters. The van der Waals surface area contributed by atoms with E-state index >= 15 is 0 Å². The van der Waals surface area contributed by atoms with E-state index < -0.39 is 28.1 Å². The minimum Gasteiger partial charge on any atom is -0.495 e. The third kappa shape index (κ3) is 3.83. The fraction of sp³-hybridized carbons (Fsp3) is 0.364. The summed E-state index contributed by atoms with van der Waals surface area (Å²) < 4.78 is 30.8. The van der Waals surface area contributed by atoms with Gasteiger partial charge in [-0.2, -0.15) is 4.72 Å². The van der Waals surface area contributed by atoms with Gasteiger partial charge in [0.25, 0.3) is 0 Å². The summed E-state index contributed by atoms with van der Waals surface area (Å²) >= 11 is 5.81. The van der Waals surface area contributed by atoms with Crippen LogP contribution in [0, 0.1) is 0 Å². The largest absolute Gasteiger partial charge is 0.495 e. The molecule has 20 heavy (non-hydrogen) atoms. The Morgan fingerprint density at radius 1 is 1.45 bits per heavy atom. The number of hydrogen-bond donors (Lipinski definition) is 3. The standard InChI is InChI=1S/C11H14ClNO6S/c1-6(14)10(11(15)16)13-20(17,18)7-3-4-9(19-2)8(12)5-7/h3-6,10,13-14H,1-2H3,(H,15,16). The lowest BCUT2D eigenvalue weighted by Crippen LogP contribution is -2.47. The Morgan fingerprint density at radius 2 is 2.05 bits per heavy atom. The number of aliphatic carboxylic acids is 1. The van der Waals surface area contributed by atoms with Crippen LogP contribution in [-0.2, 0) is 14.8 Å². The van der Waals surface area contributed by atoms with Gasteiger partial charge in [0.05, 0.1) is 23.1 Å². The minimum atomic E-state index is -4.13. The van der Waals surface area contributed by atoms with Crippen molar-refractivity contribution >= 4 is 27.6 Å². The van der Waals surface area contributed by atoms with E-state index in [9.17, 15) is 18.3 Å². The Labute approximate surface area is 121 Å². The zero-order valence-corrected chi connectivity index (χ0v) is 12.3. The van der Waals surface area contributed by atoms with Crippen molar-refractivity contribution in [3.8, 4) is 5.75 Å². The van der Waals surface area contributed by atoms with E-state index in [0.29, 0.717) is 0 Å². The van der Waals surface area contributed by atoms with E-state index in [2.05, 4.69) is 0 Å². The second-order valence-corrected chi connectivity index (χ2v) is 6.10. The van der Waals surface area contributed by atoms with Crippen LogP contribution in [-0.4, -0.2) is 43.9 Å². The van der Waals surface area contributed by atoms with Crippen molar-refractivity contribution in [2.75, 3.05) is 7.11 Å². The molecule has 0 aliphatic rings. The van der Waals surface area contributed by atoms with Gasteiger partial charge in [-0.25, -0.2) is 8.42 Å². The number of methoxy groups -OCH3 is 1. The Morgan fingerprint density at radius 3 is 2.45 bits per heavy atom. The minimum absolute atomic E-state index is 0.0688. The summed E-state index contributed by atoms with van der Waals surface area (Å²) in [6.45, 7) is 1.17. The van der Waals surface area contributed by atoms with Crippen LogP contribution in [0.5, 0.6) is 5.75 Å². The quantitative estimate of drug-likeness (QED) is 0.701. The van der Waals surface area contributed by atoms with E-state index in [1.54, 1.807) is 0 Å². The lowest BCUT2D eigenvalue weighted by atomic mass is 10.2. The molecule has 0 fully saturated rings. The number of halogens is 1. The SMILES string of the molecule is COc1ccc(S(=O)(=O)NC(C(=O)O)C(C)O)cc1Cl. The van der Waals surface area contributed by atoms with Crippen molar-refractivity contribution in [1.29, 1.82) is 0 Å². The van der Waals surface area contributed by atoms with Crippen LogP contribution >= 0.6 is 11.6 Å². The third-order valence-corrected chi connectivity index (χ3v) is 4.20. The maximum atomic E-state index is 12.0. The van der Waals surface area contributed by atoms with Gasteiger partial charge >= 0.3 is 5.97 Å². The van der Waals surface area contributed by atoms with Crippen LogP contribution in [0.4, 0.5) is 0 Å². The van der Waals surface area contributed by atoms with E-state index in [-0.39, 0.29) is 15.7 Å². The molecule has 1 aromatic carbocycles. The first kappa shape index (κ1) is 16.7. The second-order valence-electron chi connectivity index (χ2n) is 3.97. The molecule has 0 saturated heterocycles. The maximum absolute atomic E-state index is 12.0. The highest BCUT2D eigenvalue weighted by molar-refractivity contribution is 7.89. The monoisotopic (exact) mass is 323 g/mol. The number of benzene rings is 1. The average molecular weight is 324 g/mol. The van der Waals surface area contributed by atoms with Crippen molar-refractivity contribution < 1.29 is 28.2 Å². The Kier molecular flexibility index (Phi) is 5.35. The summed E-state index contributed by atoms with van der Waals surface area (Å²) in [6, 6.07) is 2.04. The Balaban J connectivity index is 3.11. The fourth-order valence-electron chi connectivity index (χ4n) is 1.40. The van der Waals surface area contributed by atoms with Gasteiger partial charge in [0.1, 0.15) is 11.8 Å². The van der Waals surface area contributed by atoms with Gasteiger partial charge in [-0.05, 0) is 25.1 Å². The molecule has 0 saturated carbocycles. The van der Waals surface area contributed by atoms with Gasteiger partial charge < -0.3 is 14.9 Å². The van der Waals surface area contributed by atoms with Gasteiger partial charge in [0.2, 0.25) is 10.0 Å². The number of aliphatic hydroxyl groups is 1. The lowest BCUT2D eigenvalue weighted by Gasteiger charge is -2.17. The summed E-state index contributed by atoms with van der Waals surface area (Å²) in [7, 11) is -2.75. The summed E-state index contributed by atoms with van der Waals surface area (Å²) in [5.41, 5.74) is 0. The first-order valence-electron chi connectivity index (χ1n) is 5.45. The van der Waals surface area contributed by atoms with Gasteiger partial charge in [-0.15, -0.1) is 0 Å². The van der Waals surface area contributed by atoms with E-state index in [1.165, 1.54) is 26.2 Å². The zero-order chi connectivity index (χ0) is 15.5. The predicted molar refractivity (Wildman–Crippen MR) is 71.4 cm³/mol. The van der Waals surface area contributed by atoms with Crippen molar-refractivity contribution in [2.24, 2.45) is 0 Å². The van der Waals surface area contributed by atoms with Crippen LogP contribution < -0.4 is 9.46 Å². The summed E-state index contributed by atoms with van der Waals surface area (Å²) in [4.78, 5) is 10.7. The first-order chi connectivity index (χ1) is 9.19. The molecule has 3 N–H and O–H groups in total. The van der Waals surface area contributed by atoms with Crippen LogP contribution in [0.2, 0.25) is 5.02 Å². The maximum Gasteiger partial charge on any atom is 0.324 e. The molecule has 0 bridgehead atoms. The topological polar surface area (TPSA) is 113 Å². The molecule has 7 nitrogen and oxygen atoms in total. The fourth-order valence-corrected chi connectivity index (χ4v) is 3.02. The molecule has 1 aromatic rings. The van der Waals surface area contributed by atoms with Crippen LogP contribution in [0.25, 0.3) is 0 Å². The molecule has 2 unspecified atom stereocenters. The number of carbonyl (C=O) groups is 1. The predicted octanol–water partition coefficient (Wildman–Crippen LogP) is 0.461. The lowest BCUT2D eigenvalue weighted by molar-refractivity contribution is -0.141. The third-order valence-electron chi connectivity index (χ3n) is 2.46. The molecule has 0 amide bonds. The van der Waals surface area contributed by atoms with Crippen LogP contribution in [0.15, 0.2) is 23.1 Å². The van der Waals surface area contributed by atoms with Gasteiger partial charge in [0, 0.05) is 0 Å². The molecule has 0 aliphatic heterocycles. The molecule has 0 aromatic heterocycles. The number of carboxylic acid groups (broad SMARTS) is 1. The molecule has 9 heteroatoms. The number of ether oxygens (including phenoxy) is 1. The second kappa shape index (κ2) is 6.40. The van der Waals surface area contributed by atoms with Gasteiger partial charge in [-0.1, -0.05) is 11.6 Å². The number of hydrogen-bond acceptors (Lipinski definition) is 5. The van der Waals surface area contributed by atoms with E-state index in [1.807, 2.05) is 4.72 Å². The summed E-state index contributed by atoms with van der Waals surface area (Å²) in [6.07, 6.45) is -1.39. The summed E-state index contributed by atoms with van der Waals surface area (Å²) in [5.74, 6) is -1.20. The Hall–Kier alpha value is -1.35. The van der Waals surface area contributed by atoms with E-state index in [0.717, 1.165) is 6.07 Å². The van der Waals surface area contributed by atoms with Crippen molar-refractivity contribution in [3.63, 3.8) is 0 Å². The number of carboxylic acids is 1. The molecule has 112 valence electrons. The molecular weight excluding hydrogens is 310 g/mol. The highest BCUT2D eigenvalue weighted by Crippen LogP contribution is 2.26. The molecule has 0 radical (unpaired) electrons. The zero-order valence-electron chi connectivity index (χ0n) is 10.7.